The van der Waals surface area contributed by atoms with Gasteiger partial charge in [-0.2, -0.15) is 0 Å². The number of alkyl halides is 1. The Morgan fingerprint density at radius 1 is 1.26 bits per heavy atom. The summed E-state index contributed by atoms with van der Waals surface area (Å²) in [7, 11) is 0. The standard InChI is InChI=1S/C19H30BrNO2/c1-12-11-19(2,3)21-17-9-8-13(10-15(12)17)23-18(22)14-6-4-5-7-16(14)20/h11,13-17,21H,4-10H2,1-3H3. The number of hydrogen-bond donors (Lipinski definition) is 1. The highest BCUT2D eigenvalue weighted by Crippen LogP contribution is 2.38. The Bertz CT molecular complexity index is 488. The van der Waals surface area contributed by atoms with Crippen molar-refractivity contribution in [2.45, 2.75) is 88.2 Å². The van der Waals surface area contributed by atoms with E-state index in [-0.39, 0.29) is 23.5 Å². The number of nitrogens with one attached hydrogen (secondary N) is 1. The van der Waals surface area contributed by atoms with Crippen molar-refractivity contribution in [3.63, 3.8) is 0 Å². The number of hydrogen-bond acceptors (Lipinski definition) is 3. The lowest BCUT2D eigenvalue weighted by atomic mass is 9.74. The lowest BCUT2D eigenvalue weighted by Gasteiger charge is -2.45. The summed E-state index contributed by atoms with van der Waals surface area (Å²) in [6, 6.07) is 0.531. The van der Waals surface area contributed by atoms with Gasteiger partial charge in [0.1, 0.15) is 6.10 Å². The van der Waals surface area contributed by atoms with Gasteiger partial charge < -0.3 is 10.1 Å². The van der Waals surface area contributed by atoms with Crippen molar-refractivity contribution >= 4 is 21.9 Å². The first-order valence-electron chi connectivity index (χ1n) is 9.17. The van der Waals surface area contributed by atoms with Gasteiger partial charge in [-0.05, 0) is 58.8 Å². The van der Waals surface area contributed by atoms with Gasteiger partial charge in [0.05, 0.1) is 5.92 Å². The van der Waals surface area contributed by atoms with Gasteiger partial charge in [0, 0.05) is 16.4 Å². The first-order valence-corrected chi connectivity index (χ1v) is 10.1. The molecule has 0 amide bonds. The van der Waals surface area contributed by atoms with E-state index >= 15 is 0 Å². The van der Waals surface area contributed by atoms with Gasteiger partial charge in [0.25, 0.3) is 0 Å². The molecule has 0 spiro atoms. The summed E-state index contributed by atoms with van der Waals surface area (Å²) in [4.78, 5) is 12.8. The van der Waals surface area contributed by atoms with Crippen LogP contribution in [0.15, 0.2) is 11.6 Å². The second-order valence-corrected chi connectivity index (χ2v) is 9.42. The summed E-state index contributed by atoms with van der Waals surface area (Å²) in [5.74, 6) is 0.600. The molecule has 3 aliphatic rings. The zero-order valence-electron chi connectivity index (χ0n) is 14.6. The van der Waals surface area contributed by atoms with E-state index in [2.05, 4.69) is 48.1 Å². The van der Waals surface area contributed by atoms with Crippen molar-refractivity contribution in [3.8, 4) is 0 Å². The average Bonchev–Trinajstić information content (AvgIpc) is 2.47. The summed E-state index contributed by atoms with van der Waals surface area (Å²) in [6.45, 7) is 6.70. The molecule has 2 fully saturated rings. The van der Waals surface area contributed by atoms with Crippen LogP contribution >= 0.6 is 15.9 Å². The summed E-state index contributed by atoms with van der Waals surface area (Å²) in [5, 5.41) is 3.74. The van der Waals surface area contributed by atoms with E-state index in [9.17, 15) is 4.79 Å². The molecule has 2 saturated carbocycles. The Kier molecular flexibility index (Phi) is 5.22. The van der Waals surface area contributed by atoms with Crippen molar-refractivity contribution < 1.29 is 9.53 Å². The quantitative estimate of drug-likeness (QED) is 0.437. The highest BCUT2D eigenvalue weighted by Gasteiger charge is 2.40. The Morgan fingerprint density at radius 3 is 2.74 bits per heavy atom. The Balaban J connectivity index is 1.60. The lowest BCUT2D eigenvalue weighted by Crippen LogP contribution is -2.54. The van der Waals surface area contributed by atoms with Crippen molar-refractivity contribution in [2.24, 2.45) is 11.8 Å². The Labute approximate surface area is 148 Å². The van der Waals surface area contributed by atoms with Gasteiger partial charge in [-0.25, -0.2) is 0 Å². The van der Waals surface area contributed by atoms with Crippen molar-refractivity contribution in [1.82, 2.24) is 5.32 Å². The maximum atomic E-state index is 12.5. The molecule has 1 heterocycles. The molecule has 0 aromatic heterocycles. The van der Waals surface area contributed by atoms with Crippen LogP contribution in [0.25, 0.3) is 0 Å². The van der Waals surface area contributed by atoms with E-state index in [4.69, 9.17) is 4.74 Å². The summed E-state index contributed by atoms with van der Waals surface area (Å²) in [6.07, 6.45) is 9.93. The minimum absolute atomic E-state index is 0.0285. The molecule has 1 aliphatic heterocycles. The summed E-state index contributed by atoms with van der Waals surface area (Å²) < 4.78 is 5.93. The Morgan fingerprint density at radius 2 is 2.00 bits per heavy atom. The molecule has 4 heteroatoms. The van der Waals surface area contributed by atoms with E-state index in [0.717, 1.165) is 38.5 Å². The largest absolute Gasteiger partial charge is 0.462 e. The van der Waals surface area contributed by atoms with Crippen LogP contribution in [0.3, 0.4) is 0 Å². The molecule has 3 nitrogen and oxygen atoms in total. The number of esters is 1. The van der Waals surface area contributed by atoms with Gasteiger partial charge in [-0.3, -0.25) is 4.79 Å². The fourth-order valence-corrected chi connectivity index (χ4v) is 5.52. The van der Waals surface area contributed by atoms with Crippen LogP contribution in [0.5, 0.6) is 0 Å². The van der Waals surface area contributed by atoms with Crippen LogP contribution in [0.1, 0.15) is 65.7 Å². The maximum Gasteiger partial charge on any atom is 0.310 e. The van der Waals surface area contributed by atoms with Crippen LogP contribution in [0, 0.1) is 11.8 Å². The van der Waals surface area contributed by atoms with E-state index in [1.54, 1.807) is 0 Å². The number of rotatable bonds is 2. The molecule has 5 atom stereocenters. The topological polar surface area (TPSA) is 38.3 Å². The molecule has 2 aliphatic carbocycles. The second-order valence-electron chi connectivity index (χ2n) is 8.25. The molecule has 130 valence electrons. The number of fused-ring (bicyclic) bond motifs is 1. The predicted molar refractivity (Wildman–Crippen MR) is 96.7 cm³/mol. The van der Waals surface area contributed by atoms with Crippen molar-refractivity contribution in [2.75, 3.05) is 0 Å². The van der Waals surface area contributed by atoms with Gasteiger partial charge >= 0.3 is 5.97 Å². The van der Waals surface area contributed by atoms with Crippen LogP contribution < -0.4 is 5.32 Å². The average molecular weight is 384 g/mol. The molecular weight excluding hydrogens is 354 g/mol. The van der Waals surface area contributed by atoms with E-state index in [0.29, 0.717) is 16.8 Å². The third kappa shape index (κ3) is 4.01. The highest BCUT2D eigenvalue weighted by atomic mass is 79.9. The third-order valence-corrected chi connectivity index (χ3v) is 6.90. The van der Waals surface area contributed by atoms with E-state index in [1.807, 2.05) is 0 Å². The third-order valence-electron chi connectivity index (χ3n) is 5.80. The van der Waals surface area contributed by atoms with E-state index in [1.165, 1.54) is 12.0 Å². The molecule has 0 saturated heterocycles. The van der Waals surface area contributed by atoms with Crippen molar-refractivity contribution in [3.05, 3.63) is 11.6 Å². The molecule has 0 aromatic carbocycles. The number of ether oxygens (including phenoxy) is 1. The molecule has 23 heavy (non-hydrogen) atoms. The molecule has 3 rings (SSSR count). The van der Waals surface area contributed by atoms with Crippen LogP contribution in [-0.4, -0.2) is 28.5 Å². The smallest absolute Gasteiger partial charge is 0.310 e. The fourth-order valence-electron chi connectivity index (χ4n) is 4.71. The first kappa shape index (κ1) is 17.5. The monoisotopic (exact) mass is 383 g/mol. The number of carbonyl (C=O) groups is 1. The SMILES string of the molecule is CC1=CC(C)(C)NC2CCC(OC(=O)C3CCCCC3Br)CC12. The predicted octanol–water partition coefficient (Wildman–Crippen LogP) is 4.35. The normalized spacial score (nSPS) is 40.0. The Hall–Kier alpha value is -0.350. The zero-order chi connectivity index (χ0) is 16.6. The molecule has 0 radical (unpaired) electrons. The fraction of sp³-hybridized carbons (Fsp3) is 0.842. The van der Waals surface area contributed by atoms with Gasteiger partial charge in [0.2, 0.25) is 0 Å². The van der Waals surface area contributed by atoms with E-state index < -0.39 is 0 Å². The minimum Gasteiger partial charge on any atom is -0.462 e. The molecule has 5 unspecified atom stereocenters. The van der Waals surface area contributed by atoms with Gasteiger partial charge in [0.15, 0.2) is 0 Å². The second kappa shape index (κ2) is 6.87. The number of carbonyl (C=O) groups excluding carboxylic acids is 1. The van der Waals surface area contributed by atoms with Crippen LogP contribution in [0.2, 0.25) is 0 Å². The molecule has 0 aromatic rings. The minimum atomic E-state index is 0.0285. The lowest BCUT2D eigenvalue weighted by molar-refractivity contribution is -0.157. The van der Waals surface area contributed by atoms with Crippen molar-refractivity contribution in [1.29, 1.82) is 0 Å². The summed E-state index contributed by atoms with van der Waals surface area (Å²) >= 11 is 3.68. The molecule has 0 bridgehead atoms. The van der Waals surface area contributed by atoms with Crippen LogP contribution in [0.4, 0.5) is 0 Å². The molecule has 1 N–H and O–H groups in total. The van der Waals surface area contributed by atoms with Crippen LogP contribution in [-0.2, 0) is 9.53 Å². The highest BCUT2D eigenvalue weighted by molar-refractivity contribution is 9.09. The molecular formula is C19H30BrNO2. The maximum absolute atomic E-state index is 12.5. The first-order chi connectivity index (χ1) is 10.9. The zero-order valence-corrected chi connectivity index (χ0v) is 16.2. The van der Waals surface area contributed by atoms with Gasteiger partial charge in [-0.15, -0.1) is 0 Å². The summed E-state index contributed by atoms with van der Waals surface area (Å²) in [5.41, 5.74) is 1.54. The van der Waals surface area contributed by atoms with Gasteiger partial charge in [-0.1, -0.05) is 40.4 Å². The number of halogens is 1.